The van der Waals surface area contributed by atoms with E-state index in [0.29, 0.717) is 40.7 Å². The van der Waals surface area contributed by atoms with Crippen LogP contribution in [0, 0.1) is 11.3 Å². The minimum atomic E-state index is -3.51. The van der Waals surface area contributed by atoms with Crippen molar-refractivity contribution >= 4 is 38.5 Å². The van der Waals surface area contributed by atoms with Crippen LogP contribution in [0.3, 0.4) is 0 Å². The van der Waals surface area contributed by atoms with E-state index < -0.39 is 51.7 Å². The van der Waals surface area contributed by atoms with E-state index in [-0.39, 0.29) is 24.3 Å². The Morgan fingerprint density at radius 3 is 2.24 bits per heavy atom. The molecule has 0 saturated heterocycles. The van der Waals surface area contributed by atoms with Crippen LogP contribution in [0.2, 0.25) is 0 Å². The summed E-state index contributed by atoms with van der Waals surface area (Å²) in [6.07, 6.45) is 0.239. The Morgan fingerprint density at radius 1 is 0.976 bits per heavy atom. The van der Waals surface area contributed by atoms with Crippen LogP contribution in [0.5, 0.6) is 5.75 Å². The topological polar surface area (TPSA) is 151 Å². The SMILES string of the molecule is COc1cc(-c2ccc3cc(C(=O)NC4(C(=O)NC5(C#N)CC5)CCC(F)(F)CC4)oc3c2)ccc1NS(C)(=O)=O. The average Bonchev–Trinajstić information content (AvgIpc) is 3.56. The minimum Gasteiger partial charge on any atom is -0.495 e. The molecule has 2 aliphatic rings. The minimum absolute atomic E-state index is 0.103. The first-order valence-corrected chi connectivity index (χ1v) is 14.8. The lowest BCUT2D eigenvalue weighted by atomic mass is 9.78. The van der Waals surface area contributed by atoms with E-state index in [0.717, 1.165) is 6.26 Å². The third-order valence-electron chi connectivity index (χ3n) is 7.51. The quantitative estimate of drug-likeness (QED) is 0.356. The fraction of sp³-hybridized carbons (Fsp3) is 0.393. The van der Waals surface area contributed by atoms with Crippen LogP contribution >= 0.6 is 0 Å². The van der Waals surface area contributed by atoms with Crippen LogP contribution in [0.25, 0.3) is 22.1 Å². The Hall–Kier alpha value is -4.18. The van der Waals surface area contributed by atoms with Gasteiger partial charge in [0.25, 0.3) is 5.91 Å². The molecule has 0 bridgehead atoms. The number of ether oxygens (including phenoxy) is 1. The summed E-state index contributed by atoms with van der Waals surface area (Å²) in [7, 11) is -2.10. The Kier molecular flexibility index (Phi) is 6.93. The number of carbonyl (C=O) groups excluding carboxylic acids is 2. The van der Waals surface area contributed by atoms with Crippen LogP contribution in [-0.4, -0.2) is 50.6 Å². The zero-order chi connectivity index (χ0) is 29.6. The van der Waals surface area contributed by atoms with E-state index in [1.54, 1.807) is 36.4 Å². The van der Waals surface area contributed by atoms with E-state index in [2.05, 4.69) is 15.4 Å². The highest BCUT2D eigenvalue weighted by Crippen LogP contribution is 2.41. The lowest BCUT2D eigenvalue weighted by Gasteiger charge is -2.39. The molecule has 2 amide bonds. The number of sulfonamides is 1. The Balaban J connectivity index is 1.40. The standard InChI is InChI=1S/C28H28F2N4O6S/c1-39-22-14-18(5-6-20(22)34-41(2,37)38)17-3-4-19-15-23(40-21(19)13-17)24(35)32-27(9-11-28(29,30)12-10-27)25(36)33-26(16-31)7-8-26/h3-6,13-15,34H,7-12H2,1-2H3,(H,32,35)(H,33,36). The summed E-state index contributed by atoms with van der Waals surface area (Å²) in [6.45, 7) is 0. The highest BCUT2D eigenvalue weighted by atomic mass is 32.2. The van der Waals surface area contributed by atoms with Gasteiger partial charge in [-0.15, -0.1) is 0 Å². The molecule has 1 aromatic heterocycles. The van der Waals surface area contributed by atoms with Crippen LogP contribution in [0.15, 0.2) is 46.9 Å². The number of fused-ring (bicyclic) bond motifs is 1. The summed E-state index contributed by atoms with van der Waals surface area (Å²) < 4.78 is 64.8. The molecule has 0 atom stereocenters. The van der Waals surface area contributed by atoms with Crippen molar-refractivity contribution in [2.45, 2.75) is 55.5 Å². The van der Waals surface area contributed by atoms with E-state index in [9.17, 15) is 32.0 Å². The number of hydrogen-bond donors (Lipinski definition) is 3. The number of furan rings is 1. The maximum atomic E-state index is 14.0. The smallest absolute Gasteiger partial charge is 0.287 e. The Bertz CT molecular complexity index is 1680. The first-order valence-electron chi connectivity index (χ1n) is 12.9. The van der Waals surface area contributed by atoms with Gasteiger partial charge in [-0.1, -0.05) is 18.2 Å². The summed E-state index contributed by atoms with van der Waals surface area (Å²) in [6, 6.07) is 13.7. The fourth-order valence-electron chi connectivity index (χ4n) is 4.93. The number of benzene rings is 2. The van der Waals surface area contributed by atoms with Crippen molar-refractivity contribution in [3.8, 4) is 22.9 Å². The molecule has 2 aromatic carbocycles. The second-order valence-electron chi connectivity index (χ2n) is 10.7. The van der Waals surface area contributed by atoms with E-state index in [1.807, 2.05) is 6.07 Å². The molecule has 2 saturated carbocycles. The van der Waals surface area contributed by atoms with Gasteiger partial charge in [0, 0.05) is 18.2 Å². The van der Waals surface area contributed by atoms with Crippen molar-refractivity contribution in [3.05, 3.63) is 48.2 Å². The normalized spacial score (nSPS) is 18.6. The van der Waals surface area contributed by atoms with E-state index in [1.165, 1.54) is 13.2 Å². The fourth-order valence-corrected chi connectivity index (χ4v) is 5.50. The van der Waals surface area contributed by atoms with Gasteiger partial charge in [-0.2, -0.15) is 5.26 Å². The molecule has 3 aromatic rings. The molecule has 2 fully saturated rings. The predicted octanol–water partition coefficient (Wildman–Crippen LogP) is 4.33. The van der Waals surface area contributed by atoms with Gasteiger partial charge in [0.15, 0.2) is 5.76 Å². The monoisotopic (exact) mass is 586 g/mol. The molecule has 0 aliphatic heterocycles. The maximum Gasteiger partial charge on any atom is 0.287 e. The molecule has 1 heterocycles. The largest absolute Gasteiger partial charge is 0.495 e. The molecule has 0 radical (unpaired) electrons. The number of halogens is 2. The van der Waals surface area contributed by atoms with Crippen LogP contribution < -0.4 is 20.1 Å². The first kappa shape index (κ1) is 28.4. The molecule has 13 heteroatoms. The van der Waals surface area contributed by atoms with Crippen LogP contribution in [0.1, 0.15) is 49.1 Å². The lowest BCUT2D eigenvalue weighted by Crippen LogP contribution is -2.62. The molecule has 0 unspecified atom stereocenters. The van der Waals surface area contributed by atoms with Gasteiger partial charge in [0.05, 0.1) is 25.1 Å². The molecule has 2 aliphatic carbocycles. The van der Waals surface area contributed by atoms with E-state index >= 15 is 0 Å². The van der Waals surface area contributed by atoms with Crippen molar-refractivity contribution in [1.29, 1.82) is 5.26 Å². The Labute approximate surface area is 235 Å². The summed E-state index contributed by atoms with van der Waals surface area (Å²) in [5, 5.41) is 15.3. The molecule has 0 spiro atoms. The summed E-state index contributed by atoms with van der Waals surface area (Å²) in [5.74, 6) is -4.13. The van der Waals surface area contributed by atoms with Gasteiger partial charge in [-0.25, -0.2) is 17.2 Å². The van der Waals surface area contributed by atoms with Gasteiger partial charge >= 0.3 is 0 Å². The summed E-state index contributed by atoms with van der Waals surface area (Å²) in [4.78, 5) is 26.5. The predicted molar refractivity (Wildman–Crippen MR) is 146 cm³/mol. The molecule has 3 N–H and O–H groups in total. The maximum absolute atomic E-state index is 14.0. The second kappa shape index (κ2) is 10.0. The van der Waals surface area contributed by atoms with Crippen molar-refractivity contribution < 1.29 is 35.9 Å². The molecule has 216 valence electrons. The Morgan fingerprint density at radius 2 is 1.63 bits per heavy atom. The molecule has 5 rings (SSSR count). The van der Waals surface area contributed by atoms with Gasteiger partial charge < -0.3 is 19.8 Å². The highest BCUT2D eigenvalue weighted by molar-refractivity contribution is 7.92. The molecular weight excluding hydrogens is 558 g/mol. The zero-order valence-corrected chi connectivity index (χ0v) is 23.2. The number of hydrogen-bond acceptors (Lipinski definition) is 7. The third-order valence-corrected chi connectivity index (χ3v) is 8.10. The number of nitriles is 1. The van der Waals surface area contributed by atoms with Gasteiger partial charge in [0.1, 0.15) is 22.4 Å². The van der Waals surface area contributed by atoms with Gasteiger partial charge in [-0.3, -0.25) is 14.3 Å². The van der Waals surface area contributed by atoms with Gasteiger partial charge in [0.2, 0.25) is 21.9 Å². The third kappa shape index (κ3) is 5.97. The highest BCUT2D eigenvalue weighted by Gasteiger charge is 2.53. The summed E-state index contributed by atoms with van der Waals surface area (Å²) >= 11 is 0. The zero-order valence-electron chi connectivity index (χ0n) is 22.3. The van der Waals surface area contributed by atoms with Gasteiger partial charge in [-0.05, 0) is 61.1 Å². The van der Waals surface area contributed by atoms with Crippen LogP contribution in [-0.2, 0) is 14.8 Å². The number of anilines is 1. The van der Waals surface area contributed by atoms with E-state index in [4.69, 9.17) is 9.15 Å². The molecule has 10 nitrogen and oxygen atoms in total. The average molecular weight is 587 g/mol. The second-order valence-corrected chi connectivity index (χ2v) is 12.4. The number of alkyl halides is 2. The number of rotatable bonds is 8. The lowest BCUT2D eigenvalue weighted by molar-refractivity contribution is -0.133. The number of methoxy groups -OCH3 is 1. The first-order chi connectivity index (χ1) is 19.3. The van der Waals surface area contributed by atoms with Crippen molar-refractivity contribution in [2.75, 3.05) is 18.1 Å². The number of nitrogens with zero attached hydrogens (tertiary/aromatic N) is 1. The van der Waals surface area contributed by atoms with Crippen molar-refractivity contribution in [1.82, 2.24) is 10.6 Å². The summed E-state index contributed by atoms with van der Waals surface area (Å²) in [5.41, 5.74) is -0.604. The number of amides is 2. The van der Waals surface area contributed by atoms with Crippen LogP contribution in [0.4, 0.5) is 14.5 Å². The molecular formula is C28H28F2N4O6S. The van der Waals surface area contributed by atoms with Crippen molar-refractivity contribution in [2.24, 2.45) is 0 Å². The number of carbonyl (C=O) groups is 2. The number of nitrogens with one attached hydrogen (secondary N) is 3. The van der Waals surface area contributed by atoms with Crippen molar-refractivity contribution in [3.63, 3.8) is 0 Å². The molecule has 41 heavy (non-hydrogen) atoms.